The number of amides is 2. The van der Waals surface area contributed by atoms with Crippen LogP contribution >= 0.6 is 11.6 Å². The average Bonchev–Trinajstić information content (AvgIpc) is 3.17. The second-order valence-electron chi connectivity index (χ2n) is 7.36. The lowest BCUT2D eigenvalue weighted by Crippen LogP contribution is -2.47. The number of halogens is 6. The minimum atomic E-state index is -4.76. The first-order valence-electron chi connectivity index (χ1n) is 9.80. The van der Waals surface area contributed by atoms with Crippen molar-refractivity contribution in [1.29, 1.82) is 0 Å². The molecule has 3 rings (SSSR count). The molecule has 2 amide bonds. The molecule has 0 bridgehead atoms. The molecule has 0 fully saturated rings. The van der Waals surface area contributed by atoms with E-state index >= 15 is 0 Å². The van der Waals surface area contributed by atoms with Crippen LogP contribution in [0.5, 0.6) is 0 Å². The fraction of sp³-hybridized carbons (Fsp3) is 0.238. The van der Waals surface area contributed by atoms with Gasteiger partial charge in [-0.1, -0.05) is 23.3 Å². The van der Waals surface area contributed by atoms with E-state index in [0.29, 0.717) is 5.01 Å². The Morgan fingerprint density at radius 3 is 2.49 bits per heavy atom. The number of alkyl halides is 3. The quantitative estimate of drug-likeness (QED) is 0.340. The first-order valence-corrected chi connectivity index (χ1v) is 10.2. The zero-order chi connectivity index (χ0) is 26.1. The number of aryl methyl sites for hydroxylation is 1. The van der Waals surface area contributed by atoms with Gasteiger partial charge in [0.25, 0.3) is 0 Å². The molecule has 3 aromatic rings. The minimum absolute atomic E-state index is 0.0302. The number of hydrazine groups is 1. The third-order valence-corrected chi connectivity index (χ3v) is 4.90. The van der Waals surface area contributed by atoms with Crippen molar-refractivity contribution in [2.75, 3.05) is 7.05 Å². The summed E-state index contributed by atoms with van der Waals surface area (Å²) in [6.07, 6.45) is -3.54. The fourth-order valence-corrected chi connectivity index (χ4v) is 3.22. The molecule has 0 aliphatic carbocycles. The van der Waals surface area contributed by atoms with Crippen molar-refractivity contribution in [2.45, 2.75) is 26.1 Å². The lowest BCUT2D eigenvalue weighted by Gasteiger charge is -2.24. The molecule has 35 heavy (non-hydrogen) atoms. The van der Waals surface area contributed by atoms with Crippen LogP contribution < -0.4 is 10.7 Å². The summed E-state index contributed by atoms with van der Waals surface area (Å²) >= 11 is 5.98. The van der Waals surface area contributed by atoms with E-state index in [1.165, 1.54) is 26.1 Å². The Balaban J connectivity index is 1.86. The standard InChI is InChI=1S/C21H18ClF5N6O2/c1-9(29-20(34)33(4)31-10(2)21(25,26)27)18-16(24)5-12(8-28-18)14-6-13(22)7-15(23)17(14)19-30-11(3)35-32-19/h5-9,31H,2H2,1,3-4H3,(H,29,34)/t9-/m1/s1. The summed E-state index contributed by atoms with van der Waals surface area (Å²) in [7, 11) is 1.03. The van der Waals surface area contributed by atoms with E-state index in [2.05, 4.69) is 27.0 Å². The molecule has 0 spiro atoms. The molecule has 1 atom stereocenters. The lowest BCUT2D eigenvalue weighted by atomic mass is 9.99. The Labute approximate surface area is 200 Å². The van der Waals surface area contributed by atoms with Crippen molar-refractivity contribution in [3.8, 4) is 22.5 Å². The van der Waals surface area contributed by atoms with Gasteiger partial charge in [-0.3, -0.25) is 10.4 Å². The van der Waals surface area contributed by atoms with Gasteiger partial charge in [-0.15, -0.1) is 0 Å². The summed E-state index contributed by atoms with van der Waals surface area (Å²) < 4.78 is 72.4. The maximum absolute atomic E-state index is 15.0. The van der Waals surface area contributed by atoms with E-state index in [1.807, 2.05) is 0 Å². The summed E-state index contributed by atoms with van der Waals surface area (Å²) in [5.41, 5.74) is 0.378. The van der Waals surface area contributed by atoms with Gasteiger partial charge in [-0.2, -0.15) is 18.2 Å². The number of carbonyl (C=O) groups excluding carboxylic acids is 1. The van der Waals surface area contributed by atoms with E-state index in [-0.39, 0.29) is 39.1 Å². The van der Waals surface area contributed by atoms with Gasteiger partial charge in [0.15, 0.2) is 0 Å². The first-order chi connectivity index (χ1) is 16.3. The van der Waals surface area contributed by atoms with Crippen LogP contribution in [0.2, 0.25) is 5.02 Å². The van der Waals surface area contributed by atoms with E-state index in [4.69, 9.17) is 16.1 Å². The molecule has 0 saturated carbocycles. The van der Waals surface area contributed by atoms with Crippen LogP contribution in [-0.2, 0) is 0 Å². The summed E-state index contributed by atoms with van der Waals surface area (Å²) in [6, 6.07) is 1.41. The molecular formula is C21H18ClF5N6O2. The Hall–Kier alpha value is -3.74. The van der Waals surface area contributed by atoms with Gasteiger partial charge >= 0.3 is 12.2 Å². The van der Waals surface area contributed by atoms with E-state index in [0.717, 1.165) is 19.2 Å². The summed E-state index contributed by atoms with van der Waals surface area (Å²) in [5.74, 6) is -1.54. The van der Waals surface area contributed by atoms with E-state index < -0.39 is 35.6 Å². The van der Waals surface area contributed by atoms with Crippen molar-refractivity contribution in [3.05, 3.63) is 64.9 Å². The molecule has 1 aromatic carbocycles. The predicted molar refractivity (Wildman–Crippen MR) is 116 cm³/mol. The normalized spacial score (nSPS) is 12.3. The third-order valence-electron chi connectivity index (χ3n) is 4.69. The Kier molecular flexibility index (Phi) is 7.29. The van der Waals surface area contributed by atoms with Gasteiger partial charge in [0.1, 0.15) is 17.3 Å². The number of aromatic nitrogens is 3. The third kappa shape index (κ3) is 5.85. The zero-order valence-electron chi connectivity index (χ0n) is 18.5. The Morgan fingerprint density at radius 2 is 1.91 bits per heavy atom. The summed E-state index contributed by atoms with van der Waals surface area (Å²) in [4.78, 5) is 20.2. The number of nitrogens with zero attached hydrogens (tertiary/aromatic N) is 4. The van der Waals surface area contributed by atoms with Crippen LogP contribution in [0.25, 0.3) is 22.5 Å². The number of allylic oxidation sites excluding steroid dienone is 1. The number of benzene rings is 1. The molecule has 0 saturated heterocycles. The number of hydrogen-bond acceptors (Lipinski definition) is 6. The van der Waals surface area contributed by atoms with Crippen LogP contribution in [0.3, 0.4) is 0 Å². The maximum atomic E-state index is 15.0. The molecule has 0 radical (unpaired) electrons. The molecule has 0 aliphatic rings. The van der Waals surface area contributed by atoms with Gasteiger partial charge in [0.2, 0.25) is 11.7 Å². The highest BCUT2D eigenvalue weighted by molar-refractivity contribution is 6.31. The van der Waals surface area contributed by atoms with Crippen molar-refractivity contribution >= 4 is 17.6 Å². The number of hydrogen-bond donors (Lipinski definition) is 2. The molecule has 0 aliphatic heterocycles. The van der Waals surface area contributed by atoms with Crippen LogP contribution in [-0.4, -0.2) is 39.4 Å². The highest BCUT2D eigenvalue weighted by Gasteiger charge is 2.33. The Bertz CT molecular complexity index is 1280. The van der Waals surface area contributed by atoms with Crippen LogP contribution in [0.1, 0.15) is 24.6 Å². The molecule has 8 nitrogen and oxygen atoms in total. The maximum Gasteiger partial charge on any atom is 0.432 e. The molecule has 2 heterocycles. The van der Waals surface area contributed by atoms with E-state index in [9.17, 15) is 26.7 Å². The SMILES string of the molecule is C=C(NN(C)C(=O)N[C@H](C)c1ncc(-c2cc(Cl)cc(F)c2-c2noc(C)n2)cc1F)C(F)(F)F. The van der Waals surface area contributed by atoms with Gasteiger partial charge in [0.05, 0.1) is 17.3 Å². The monoisotopic (exact) mass is 516 g/mol. The number of carbonyl (C=O) groups is 1. The molecular weight excluding hydrogens is 499 g/mol. The van der Waals surface area contributed by atoms with Crippen molar-refractivity contribution in [3.63, 3.8) is 0 Å². The highest BCUT2D eigenvalue weighted by atomic mass is 35.5. The summed E-state index contributed by atoms with van der Waals surface area (Å²) in [5, 5.41) is 6.55. The zero-order valence-corrected chi connectivity index (χ0v) is 19.2. The average molecular weight is 517 g/mol. The molecule has 2 aromatic heterocycles. The van der Waals surface area contributed by atoms with Gasteiger partial charge in [-0.05, 0) is 30.7 Å². The van der Waals surface area contributed by atoms with Gasteiger partial charge < -0.3 is 9.84 Å². The molecule has 0 unspecified atom stereocenters. The van der Waals surface area contributed by atoms with Crippen LogP contribution in [0.4, 0.5) is 26.7 Å². The fourth-order valence-electron chi connectivity index (χ4n) is 3.01. The number of nitrogens with one attached hydrogen (secondary N) is 2. The Morgan fingerprint density at radius 1 is 1.23 bits per heavy atom. The second kappa shape index (κ2) is 9.86. The number of rotatable bonds is 6. The van der Waals surface area contributed by atoms with E-state index in [1.54, 1.807) is 5.43 Å². The second-order valence-corrected chi connectivity index (χ2v) is 7.79. The van der Waals surface area contributed by atoms with Crippen molar-refractivity contribution in [2.24, 2.45) is 0 Å². The first kappa shape index (κ1) is 25.9. The van der Waals surface area contributed by atoms with Crippen molar-refractivity contribution in [1.82, 2.24) is 30.9 Å². The number of pyridine rings is 1. The smallest absolute Gasteiger partial charge is 0.339 e. The topological polar surface area (TPSA) is 96.2 Å². The minimum Gasteiger partial charge on any atom is -0.339 e. The largest absolute Gasteiger partial charge is 0.432 e. The molecule has 186 valence electrons. The highest BCUT2D eigenvalue weighted by Crippen LogP contribution is 2.36. The number of urea groups is 1. The van der Waals surface area contributed by atoms with Gasteiger partial charge in [-0.25, -0.2) is 18.6 Å². The van der Waals surface area contributed by atoms with Crippen molar-refractivity contribution < 1.29 is 31.3 Å². The van der Waals surface area contributed by atoms with Crippen LogP contribution in [0.15, 0.2) is 41.2 Å². The predicted octanol–water partition coefficient (Wildman–Crippen LogP) is 5.32. The lowest BCUT2D eigenvalue weighted by molar-refractivity contribution is -0.101. The molecule has 14 heteroatoms. The molecule has 2 N–H and O–H groups in total. The van der Waals surface area contributed by atoms with Gasteiger partial charge in [0, 0.05) is 30.8 Å². The summed E-state index contributed by atoms with van der Waals surface area (Å²) in [6.45, 7) is 5.69. The van der Waals surface area contributed by atoms with Crippen LogP contribution in [0, 0.1) is 18.6 Å².